The number of aryl methyl sites for hydroxylation is 1. The molecule has 0 radical (unpaired) electrons. The third kappa shape index (κ3) is 4.96. The summed E-state index contributed by atoms with van der Waals surface area (Å²) in [5.74, 6) is 0.637. The molecule has 0 atom stereocenters. The van der Waals surface area contributed by atoms with E-state index in [0.29, 0.717) is 30.8 Å². The third-order valence-electron chi connectivity index (χ3n) is 6.35. The van der Waals surface area contributed by atoms with Gasteiger partial charge in [-0.1, -0.05) is 18.6 Å². The first kappa shape index (κ1) is 22.7. The van der Waals surface area contributed by atoms with Crippen LogP contribution >= 0.6 is 0 Å². The minimum atomic E-state index is -3.60. The molecule has 8 heteroatoms. The van der Waals surface area contributed by atoms with Crippen LogP contribution in [0.2, 0.25) is 0 Å². The first-order valence-corrected chi connectivity index (χ1v) is 13.0. The van der Waals surface area contributed by atoms with Gasteiger partial charge in [-0.2, -0.15) is 4.31 Å². The number of anilines is 1. The van der Waals surface area contributed by atoms with Gasteiger partial charge in [-0.25, -0.2) is 13.4 Å². The van der Waals surface area contributed by atoms with Crippen molar-refractivity contribution in [3.05, 3.63) is 53.2 Å². The van der Waals surface area contributed by atoms with Crippen LogP contribution in [0.25, 0.3) is 0 Å². The molecule has 1 aromatic carbocycles. The van der Waals surface area contributed by atoms with Crippen molar-refractivity contribution in [1.82, 2.24) is 14.6 Å². The summed E-state index contributed by atoms with van der Waals surface area (Å²) in [5, 5.41) is 2.96. The van der Waals surface area contributed by atoms with E-state index in [1.54, 1.807) is 29.6 Å². The standard InChI is InChI=1S/C24H32N4O3S/c1-19-10-11-20(17-22(19)32(30,31)28-15-6-3-7-16-28)24(29)26-18-21-9-8-12-25-23(21)27-13-4-2-5-14-27/h8-12,17H,2-7,13-16,18H2,1H3,(H,26,29). The molecule has 3 heterocycles. The molecule has 2 fully saturated rings. The van der Waals surface area contributed by atoms with E-state index in [0.717, 1.165) is 56.6 Å². The van der Waals surface area contributed by atoms with E-state index in [-0.39, 0.29) is 10.8 Å². The molecule has 2 aliphatic heterocycles. The van der Waals surface area contributed by atoms with Crippen molar-refractivity contribution in [2.24, 2.45) is 0 Å². The molecule has 0 aliphatic carbocycles. The zero-order valence-corrected chi connectivity index (χ0v) is 19.5. The number of hydrogen-bond donors (Lipinski definition) is 1. The minimum absolute atomic E-state index is 0.224. The molecule has 2 aromatic rings. The van der Waals surface area contributed by atoms with Crippen LogP contribution < -0.4 is 10.2 Å². The lowest BCUT2D eigenvalue weighted by atomic mass is 10.1. The molecule has 2 saturated heterocycles. The quantitative estimate of drug-likeness (QED) is 0.720. The molecule has 1 amide bonds. The van der Waals surface area contributed by atoms with Crippen molar-refractivity contribution >= 4 is 21.7 Å². The van der Waals surface area contributed by atoms with Crippen molar-refractivity contribution in [3.8, 4) is 0 Å². The molecule has 0 bridgehead atoms. The fourth-order valence-electron chi connectivity index (χ4n) is 4.50. The van der Waals surface area contributed by atoms with Crippen LogP contribution in [0.5, 0.6) is 0 Å². The van der Waals surface area contributed by atoms with Crippen LogP contribution in [0.3, 0.4) is 0 Å². The highest BCUT2D eigenvalue weighted by molar-refractivity contribution is 7.89. The highest BCUT2D eigenvalue weighted by Gasteiger charge is 2.28. The molecule has 32 heavy (non-hydrogen) atoms. The average molecular weight is 457 g/mol. The van der Waals surface area contributed by atoms with Crippen LogP contribution in [0.4, 0.5) is 5.82 Å². The minimum Gasteiger partial charge on any atom is -0.356 e. The number of hydrogen-bond acceptors (Lipinski definition) is 5. The summed E-state index contributed by atoms with van der Waals surface area (Å²) in [5.41, 5.74) is 1.98. The monoisotopic (exact) mass is 456 g/mol. The van der Waals surface area contributed by atoms with Gasteiger partial charge >= 0.3 is 0 Å². The van der Waals surface area contributed by atoms with Gasteiger partial charge < -0.3 is 10.2 Å². The van der Waals surface area contributed by atoms with Gasteiger partial charge in [0.2, 0.25) is 10.0 Å². The van der Waals surface area contributed by atoms with Gasteiger partial charge in [-0.3, -0.25) is 4.79 Å². The van der Waals surface area contributed by atoms with Gasteiger partial charge in [0.1, 0.15) is 5.82 Å². The Balaban J connectivity index is 1.50. The normalized spacial score (nSPS) is 17.8. The molecule has 0 spiro atoms. The second-order valence-electron chi connectivity index (χ2n) is 8.66. The SMILES string of the molecule is Cc1ccc(C(=O)NCc2cccnc2N2CCCCC2)cc1S(=O)(=O)N1CCCCC1. The number of carbonyl (C=O) groups is 1. The summed E-state index contributed by atoms with van der Waals surface area (Å²) in [7, 11) is -3.60. The predicted molar refractivity (Wildman–Crippen MR) is 125 cm³/mol. The molecule has 1 aromatic heterocycles. The number of piperidine rings is 2. The van der Waals surface area contributed by atoms with Crippen molar-refractivity contribution < 1.29 is 13.2 Å². The molecular formula is C24H32N4O3S. The fraction of sp³-hybridized carbons (Fsp3) is 0.500. The van der Waals surface area contributed by atoms with E-state index in [9.17, 15) is 13.2 Å². The Labute approximate surface area is 190 Å². The van der Waals surface area contributed by atoms with Gasteiger partial charge in [-0.15, -0.1) is 0 Å². The number of aromatic nitrogens is 1. The Morgan fingerprint density at radius 1 is 1.00 bits per heavy atom. The number of pyridine rings is 1. The van der Waals surface area contributed by atoms with Crippen LogP contribution in [0.1, 0.15) is 60.0 Å². The molecule has 7 nitrogen and oxygen atoms in total. The summed E-state index contributed by atoms with van der Waals surface area (Å²) < 4.78 is 27.9. The van der Waals surface area contributed by atoms with E-state index in [2.05, 4.69) is 15.2 Å². The van der Waals surface area contributed by atoms with Gasteiger partial charge in [0.05, 0.1) is 4.90 Å². The number of amides is 1. The van der Waals surface area contributed by atoms with Gasteiger partial charge in [0.15, 0.2) is 0 Å². The molecule has 4 rings (SSSR count). The van der Waals surface area contributed by atoms with E-state index in [1.807, 2.05) is 12.1 Å². The summed E-state index contributed by atoms with van der Waals surface area (Å²) in [4.78, 5) is 20.0. The first-order chi connectivity index (χ1) is 15.5. The van der Waals surface area contributed by atoms with Crippen molar-refractivity contribution in [1.29, 1.82) is 0 Å². The number of benzene rings is 1. The number of carbonyl (C=O) groups excluding carboxylic acids is 1. The number of rotatable bonds is 6. The van der Waals surface area contributed by atoms with E-state index < -0.39 is 10.0 Å². The Morgan fingerprint density at radius 3 is 2.41 bits per heavy atom. The van der Waals surface area contributed by atoms with Crippen molar-refractivity contribution in [3.63, 3.8) is 0 Å². The highest BCUT2D eigenvalue weighted by atomic mass is 32.2. The lowest BCUT2D eigenvalue weighted by molar-refractivity contribution is 0.0950. The average Bonchev–Trinajstić information content (AvgIpc) is 2.84. The van der Waals surface area contributed by atoms with E-state index in [1.165, 1.54) is 12.5 Å². The summed E-state index contributed by atoms with van der Waals surface area (Å²) in [6, 6.07) is 8.79. The number of sulfonamides is 1. The highest BCUT2D eigenvalue weighted by Crippen LogP contribution is 2.25. The van der Waals surface area contributed by atoms with Crippen molar-refractivity contribution in [2.45, 2.75) is 56.9 Å². The topological polar surface area (TPSA) is 82.6 Å². The third-order valence-corrected chi connectivity index (χ3v) is 8.39. The molecule has 2 aliphatic rings. The Kier molecular flexibility index (Phi) is 7.10. The smallest absolute Gasteiger partial charge is 0.251 e. The lowest BCUT2D eigenvalue weighted by Gasteiger charge is -2.29. The maximum absolute atomic E-state index is 13.2. The summed E-state index contributed by atoms with van der Waals surface area (Å²) >= 11 is 0. The maximum Gasteiger partial charge on any atom is 0.251 e. The zero-order chi connectivity index (χ0) is 22.6. The number of nitrogens with one attached hydrogen (secondary N) is 1. The maximum atomic E-state index is 13.2. The van der Waals surface area contributed by atoms with Crippen LogP contribution in [-0.2, 0) is 16.6 Å². The number of nitrogens with zero attached hydrogens (tertiary/aromatic N) is 3. The van der Waals surface area contributed by atoms with Crippen molar-refractivity contribution in [2.75, 3.05) is 31.1 Å². The first-order valence-electron chi connectivity index (χ1n) is 11.5. The molecule has 1 N–H and O–H groups in total. The second kappa shape index (κ2) is 10.0. The van der Waals surface area contributed by atoms with E-state index >= 15 is 0 Å². The largest absolute Gasteiger partial charge is 0.356 e. The molecule has 0 unspecified atom stereocenters. The van der Waals surface area contributed by atoms with Gasteiger partial charge in [0.25, 0.3) is 5.91 Å². The predicted octanol–water partition coefficient (Wildman–Crippen LogP) is 3.48. The summed E-state index contributed by atoms with van der Waals surface area (Å²) in [6.07, 6.45) is 8.14. The van der Waals surface area contributed by atoms with Gasteiger partial charge in [0, 0.05) is 50.0 Å². The molecule has 0 saturated carbocycles. The van der Waals surface area contributed by atoms with Crippen LogP contribution in [-0.4, -0.2) is 49.8 Å². The second-order valence-corrected chi connectivity index (χ2v) is 10.6. The van der Waals surface area contributed by atoms with Gasteiger partial charge in [-0.05, 0) is 62.8 Å². The fourth-order valence-corrected chi connectivity index (χ4v) is 6.27. The zero-order valence-electron chi connectivity index (χ0n) is 18.7. The van der Waals surface area contributed by atoms with Crippen LogP contribution in [0.15, 0.2) is 41.4 Å². The summed E-state index contributed by atoms with van der Waals surface area (Å²) in [6.45, 7) is 5.16. The Bertz CT molecular complexity index is 1060. The Hall–Kier alpha value is -2.45. The molecular weight excluding hydrogens is 424 g/mol. The lowest BCUT2D eigenvalue weighted by Crippen LogP contribution is -2.36. The molecule has 172 valence electrons. The van der Waals surface area contributed by atoms with E-state index in [4.69, 9.17) is 0 Å². The Morgan fingerprint density at radius 2 is 1.69 bits per heavy atom. The van der Waals surface area contributed by atoms with Crippen LogP contribution in [0, 0.1) is 6.92 Å².